The summed E-state index contributed by atoms with van der Waals surface area (Å²) in [5.74, 6) is -0.473. The van der Waals surface area contributed by atoms with Crippen molar-refractivity contribution in [1.82, 2.24) is 5.06 Å². The van der Waals surface area contributed by atoms with Crippen molar-refractivity contribution in [3.8, 4) is 0 Å². The number of esters is 1. The van der Waals surface area contributed by atoms with E-state index in [1.807, 2.05) is 18.2 Å². The van der Waals surface area contributed by atoms with Crippen molar-refractivity contribution in [3.05, 3.63) is 35.9 Å². The fourth-order valence-corrected chi connectivity index (χ4v) is 3.11. The zero-order valence-electron chi connectivity index (χ0n) is 13.8. The minimum Gasteiger partial charge on any atom is -0.469 e. The maximum Gasteiger partial charge on any atom is 0.357 e. The molecule has 0 spiro atoms. The van der Waals surface area contributed by atoms with Gasteiger partial charge in [0, 0.05) is 13.1 Å². The lowest BCUT2D eigenvalue weighted by molar-refractivity contribution is -0.169. The van der Waals surface area contributed by atoms with Crippen LogP contribution >= 0.6 is 0 Å². The third-order valence-electron chi connectivity index (χ3n) is 4.64. The lowest BCUT2D eigenvalue weighted by Gasteiger charge is -2.38. The summed E-state index contributed by atoms with van der Waals surface area (Å²) < 4.78 is 10.7. The molecule has 0 atom stereocenters. The fourth-order valence-electron chi connectivity index (χ4n) is 3.11. The Labute approximate surface area is 141 Å². The second-order valence-corrected chi connectivity index (χ2v) is 6.32. The Bertz CT molecular complexity index is 562. The van der Waals surface area contributed by atoms with E-state index in [4.69, 9.17) is 14.3 Å². The van der Waals surface area contributed by atoms with Crippen molar-refractivity contribution in [3.63, 3.8) is 0 Å². The molecule has 0 aromatic heterocycles. The second kappa shape index (κ2) is 7.77. The molecule has 130 valence electrons. The van der Waals surface area contributed by atoms with E-state index in [-0.39, 0.29) is 30.1 Å². The summed E-state index contributed by atoms with van der Waals surface area (Å²) in [6, 6.07) is 8.98. The number of carbonyl (C=O) groups excluding carboxylic acids is 2. The standard InChI is InChI=1S/C18H23NO5/c1-22-17(20)14-11-16(12-14)23-15-7-9-19(10-8-15)24-18(21)13-5-3-2-4-6-13/h2-6,14-16H,7-12H2,1H3/t14-,16-. The monoisotopic (exact) mass is 333 g/mol. The van der Waals surface area contributed by atoms with Crippen LogP contribution in [0, 0.1) is 5.92 Å². The summed E-state index contributed by atoms with van der Waals surface area (Å²) in [7, 11) is 1.42. The number of methoxy groups -OCH3 is 1. The molecular weight excluding hydrogens is 310 g/mol. The van der Waals surface area contributed by atoms with Crippen molar-refractivity contribution in [1.29, 1.82) is 0 Å². The molecule has 0 amide bonds. The van der Waals surface area contributed by atoms with Gasteiger partial charge in [-0.25, -0.2) is 4.79 Å². The van der Waals surface area contributed by atoms with Crippen LogP contribution in [0.1, 0.15) is 36.0 Å². The van der Waals surface area contributed by atoms with Crippen LogP contribution in [-0.2, 0) is 19.1 Å². The van der Waals surface area contributed by atoms with Gasteiger partial charge >= 0.3 is 11.9 Å². The predicted octanol–water partition coefficient (Wildman–Crippen LogP) is 2.19. The molecule has 2 aliphatic rings. The highest BCUT2D eigenvalue weighted by atomic mass is 16.7. The summed E-state index contributed by atoms with van der Waals surface area (Å²) in [5.41, 5.74) is 0.555. The number of piperidine rings is 1. The van der Waals surface area contributed by atoms with E-state index in [0.29, 0.717) is 18.7 Å². The van der Waals surface area contributed by atoms with E-state index < -0.39 is 0 Å². The summed E-state index contributed by atoms with van der Waals surface area (Å²) in [5, 5.41) is 1.70. The first kappa shape index (κ1) is 16.9. The van der Waals surface area contributed by atoms with Crippen LogP contribution in [0.3, 0.4) is 0 Å². The van der Waals surface area contributed by atoms with Gasteiger partial charge in [-0.1, -0.05) is 18.2 Å². The fraction of sp³-hybridized carbons (Fsp3) is 0.556. The van der Waals surface area contributed by atoms with Gasteiger partial charge in [-0.15, -0.1) is 5.06 Å². The maximum atomic E-state index is 12.0. The minimum atomic E-state index is -0.324. The molecule has 24 heavy (non-hydrogen) atoms. The number of carbonyl (C=O) groups is 2. The Morgan fingerprint density at radius 1 is 1.04 bits per heavy atom. The Kier molecular flexibility index (Phi) is 5.48. The van der Waals surface area contributed by atoms with Crippen molar-refractivity contribution in [2.75, 3.05) is 20.2 Å². The van der Waals surface area contributed by atoms with Crippen molar-refractivity contribution < 1.29 is 23.9 Å². The molecule has 6 nitrogen and oxygen atoms in total. The predicted molar refractivity (Wildman–Crippen MR) is 86.1 cm³/mol. The van der Waals surface area contributed by atoms with E-state index in [1.165, 1.54) is 7.11 Å². The van der Waals surface area contributed by atoms with Gasteiger partial charge in [0.15, 0.2) is 0 Å². The van der Waals surface area contributed by atoms with Crippen LogP contribution < -0.4 is 0 Å². The first-order valence-corrected chi connectivity index (χ1v) is 8.41. The van der Waals surface area contributed by atoms with Gasteiger partial charge < -0.3 is 14.3 Å². The Morgan fingerprint density at radius 3 is 2.33 bits per heavy atom. The molecule has 0 bridgehead atoms. The quantitative estimate of drug-likeness (QED) is 0.770. The number of hydrogen-bond acceptors (Lipinski definition) is 6. The summed E-state index contributed by atoms with van der Waals surface area (Å²) in [6.45, 7) is 1.33. The molecule has 1 saturated heterocycles. The van der Waals surface area contributed by atoms with Gasteiger partial charge in [0.25, 0.3) is 0 Å². The van der Waals surface area contributed by atoms with Crippen molar-refractivity contribution >= 4 is 11.9 Å². The molecule has 0 N–H and O–H groups in total. The Hall–Kier alpha value is -1.92. The molecule has 3 rings (SSSR count). The van der Waals surface area contributed by atoms with Gasteiger partial charge in [-0.05, 0) is 37.8 Å². The van der Waals surface area contributed by atoms with Gasteiger partial charge in [-0.2, -0.15) is 0 Å². The molecule has 1 aromatic carbocycles. The van der Waals surface area contributed by atoms with E-state index >= 15 is 0 Å². The smallest absolute Gasteiger partial charge is 0.357 e. The molecule has 1 aliphatic heterocycles. The van der Waals surface area contributed by atoms with Crippen molar-refractivity contribution in [2.24, 2.45) is 5.92 Å². The third-order valence-corrected chi connectivity index (χ3v) is 4.64. The molecule has 6 heteroatoms. The molecule has 1 aliphatic carbocycles. The highest BCUT2D eigenvalue weighted by Gasteiger charge is 2.38. The van der Waals surface area contributed by atoms with Crippen LogP contribution in [0.5, 0.6) is 0 Å². The molecular formula is C18H23NO5. The number of benzene rings is 1. The molecule has 1 aromatic rings. The number of nitrogens with zero attached hydrogens (tertiary/aromatic N) is 1. The van der Waals surface area contributed by atoms with Crippen LogP contribution in [0.4, 0.5) is 0 Å². The average Bonchev–Trinajstić information content (AvgIpc) is 2.59. The van der Waals surface area contributed by atoms with Gasteiger partial charge in [0.05, 0.1) is 30.8 Å². The SMILES string of the molecule is COC(=O)[C@H]1C[C@H](OC2CCN(OC(=O)c3ccccc3)CC2)C1. The maximum absolute atomic E-state index is 12.0. The molecule has 2 fully saturated rings. The Morgan fingerprint density at radius 2 is 1.71 bits per heavy atom. The number of ether oxygens (including phenoxy) is 2. The lowest BCUT2D eigenvalue weighted by atomic mass is 9.82. The van der Waals surface area contributed by atoms with Crippen LogP contribution in [0.25, 0.3) is 0 Å². The van der Waals surface area contributed by atoms with Crippen LogP contribution in [-0.4, -0.2) is 49.4 Å². The van der Waals surface area contributed by atoms with E-state index in [0.717, 1.165) is 25.7 Å². The third kappa shape index (κ3) is 4.13. The first-order chi connectivity index (χ1) is 11.7. The molecule has 1 heterocycles. The second-order valence-electron chi connectivity index (χ2n) is 6.32. The minimum absolute atomic E-state index is 0.00748. The number of hydroxylamine groups is 2. The average molecular weight is 333 g/mol. The van der Waals surface area contributed by atoms with Gasteiger partial charge in [0.2, 0.25) is 0 Å². The molecule has 0 unspecified atom stereocenters. The zero-order chi connectivity index (χ0) is 16.9. The van der Waals surface area contributed by atoms with E-state index in [9.17, 15) is 9.59 Å². The Balaban J connectivity index is 1.36. The lowest BCUT2D eigenvalue weighted by Crippen LogP contribution is -2.43. The van der Waals surface area contributed by atoms with Gasteiger partial charge in [-0.3, -0.25) is 4.79 Å². The largest absolute Gasteiger partial charge is 0.469 e. The first-order valence-electron chi connectivity index (χ1n) is 8.41. The van der Waals surface area contributed by atoms with Crippen LogP contribution in [0.2, 0.25) is 0 Å². The zero-order valence-corrected chi connectivity index (χ0v) is 13.8. The van der Waals surface area contributed by atoms with Crippen molar-refractivity contribution in [2.45, 2.75) is 37.9 Å². The molecule has 1 saturated carbocycles. The summed E-state index contributed by atoms with van der Waals surface area (Å²) >= 11 is 0. The normalized spacial score (nSPS) is 24.9. The summed E-state index contributed by atoms with van der Waals surface area (Å²) in [4.78, 5) is 28.8. The highest BCUT2D eigenvalue weighted by molar-refractivity contribution is 5.89. The number of hydrogen-bond donors (Lipinski definition) is 0. The topological polar surface area (TPSA) is 65.1 Å². The number of rotatable bonds is 5. The van der Waals surface area contributed by atoms with E-state index in [1.54, 1.807) is 17.2 Å². The van der Waals surface area contributed by atoms with Gasteiger partial charge in [0.1, 0.15) is 0 Å². The van der Waals surface area contributed by atoms with E-state index in [2.05, 4.69) is 0 Å². The van der Waals surface area contributed by atoms with Crippen LogP contribution in [0.15, 0.2) is 30.3 Å². The summed E-state index contributed by atoms with van der Waals surface area (Å²) in [6.07, 6.45) is 3.45. The highest BCUT2D eigenvalue weighted by Crippen LogP contribution is 2.33. The molecule has 0 radical (unpaired) electrons.